The second-order valence-corrected chi connectivity index (χ2v) is 7.65. The molecule has 0 bridgehead atoms. The van der Waals surface area contributed by atoms with E-state index in [0.717, 1.165) is 11.3 Å². The summed E-state index contributed by atoms with van der Waals surface area (Å²) < 4.78 is 22.2. The van der Waals surface area contributed by atoms with Crippen molar-refractivity contribution in [1.29, 1.82) is 0 Å². The third kappa shape index (κ3) is 3.82. The van der Waals surface area contributed by atoms with Gasteiger partial charge in [-0.25, -0.2) is 14.4 Å². The van der Waals surface area contributed by atoms with Gasteiger partial charge in [0.1, 0.15) is 17.3 Å². The zero-order valence-corrected chi connectivity index (χ0v) is 17.6. The molecule has 4 rings (SSSR count). The van der Waals surface area contributed by atoms with Crippen LogP contribution < -0.4 is 0 Å². The first-order valence-electron chi connectivity index (χ1n) is 9.75. The zero-order chi connectivity index (χ0) is 21.3. The number of nitrogens with zero attached hydrogens (tertiary/aromatic N) is 4. The van der Waals surface area contributed by atoms with E-state index in [0.29, 0.717) is 60.5 Å². The van der Waals surface area contributed by atoms with Crippen molar-refractivity contribution in [2.45, 2.75) is 20.4 Å². The summed E-state index contributed by atoms with van der Waals surface area (Å²) in [6, 6.07) is 6.27. The molecule has 30 heavy (non-hydrogen) atoms. The highest BCUT2D eigenvalue weighted by atomic mass is 35.5. The quantitative estimate of drug-likeness (QED) is 0.632. The minimum absolute atomic E-state index is 0.158. The van der Waals surface area contributed by atoms with E-state index in [1.807, 2.05) is 18.4 Å². The van der Waals surface area contributed by atoms with E-state index in [9.17, 15) is 9.18 Å². The van der Waals surface area contributed by atoms with E-state index in [4.69, 9.17) is 16.3 Å². The summed E-state index contributed by atoms with van der Waals surface area (Å²) in [5.41, 5.74) is 3.06. The number of hydrogen-bond acceptors (Lipinski definition) is 4. The second-order valence-electron chi connectivity index (χ2n) is 7.21. The molecule has 156 valence electrons. The molecule has 6 nitrogen and oxygen atoms in total. The lowest BCUT2D eigenvalue weighted by Crippen LogP contribution is -2.41. The molecule has 1 aromatic carbocycles. The van der Waals surface area contributed by atoms with Crippen LogP contribution >= 0.6 is 11.6 Å². The highest BCUT2D eigenvalue weighted by molar-refractivity contribution is 6.30. The smallest absolute Gasteiger partial charge is 0.271 e. The number of carbonyl (C=O) groups excluding carboxylic acids is 1. The molecule has 1 aliphatic heterocycles. The Labute approximate surface area is 179 Å². The minimum atomic E-state index is -0.463. The van der Waals surface area contributed by atoms with Crippen molar-refractivity contribution in [3.63, 3.8) is 0 Å². The molecule has 0 atom stereocenters. The standard InChI is InChI=1S/C22H22ClFN4O2/c1-14-15(2)28(13-19-25-6-3-7-26-19)21(22(29)27-8-10-30-11-9-27)20(14)17-5-4-16(23)12-18(17)24/h3-7,12H,8-11,13H2,1-2H3. The normalized spacial score (nSPS) is 14.2. The monoisotopic (exact) mass is 428 g/mol. The van der Waals surface area contributed by atoms with Gasteiger partial charge in [0, 0.05) is 47.3 Å². The molecule has 2 aromatic heterocycles. The Hall–Kier alpha value is -2.77. The maximum Gasteiger partial charge on any atom is 0.271 e. The van der Waals surface area contributed by atoms with Gasteiger partial charge in [0.15, 0.2) is 0 Å². The van der Waals surface area contributed by atoms with E-state index in [2.05, 4.69) is 9.97 Å². The predicted octanol–water partition coefficient (Wildman–Crippen LogP) is 3.88. The molecule has 0 spiro atoms. The molecular formula is C22H22ClFN4O2. The Morgan fingerprint density at radius 2 is 1.90 bits per heavy atom. The number of aromatic nitrogens is 3. The number of benzene rings is 1. The van der Waals surface area contributed by atoms with Gasteiger partial charge in [0.25, 0.3) is 5.91 Å². The van der Waals surface area contributed by atoms with Crippen LogP contribution in [0.2, 0.25) is 5.02 Å². The predicted molar refractivity (Wildman–Crippen MR) is 112 cm³/mol. The van der Waals surface area contributed by atoms with Crippen LogP contribution in [-0.2, 0) is 11.3 Å². The maximum atomic E-state index is 14.9. The van der Waals surface area contributed by atoms with Crippen molar-refractivity contribution in [3.8, 4) is 11.1 Å². The lowest BCUT2D eigenvalue weighted by Gasteiger charge is -2.28. The zero-order valence-electron chi connectivity index (χ0n) is 16.9. The summed E-state index contributed by atoms with van der Waals surface area (Å²) >= 11 is 5.96. The highest BCUT2D eigenvalue weighted by Crippen LogP contribution is 2.36. The Morgan fingerprint density at radius 1 is 1.20 bits per heavy atom. The highest BCUT2D eigenvalue weighted by Gasteiger charge is 2.30. The fourth-order valence-corrected chi connectivity index (χ4v) is 3.93. The van der Waals surface area contributed by atoms with E-state index >= 15 is 0 Å². The van der Waals surface area contributed by atoms with E-state index in [1.54, 1.807) is 35.5 Å². The lowest BCUT2D eigenvalue weighted by molar-refractivity contribution is 0.0296. The number of rotatable bonds is 4. The van der Waals surface area contributed by atoms with Crippen molar-refractivity contribution in [3.05, 3.63) is 70.3 Å². The van der Waals surface area contributed by atoms with Gasteiger partial charge in [0.2, 0.25) is 0 Å². The summed E-state index contributed by atoms with van der Waals surface area (Å²) in [4.78, 5) is 24.0. The Kier molecular flexibility index (Phi) is 5.83. The molecule has 0 N–H and O–H groups in total. The van der Waals surface area contributed by atoms with Crippen molar-refractivity contribution in [2.24, 2.45) is 0 Å². The number of halogens is 2. The molecule has 1 aliphatic rings. The van der Waals surface area contributed by atoms with E-state index in [1.165, 1.54) is 6.07 Å². The van der Waals surface area contributed by atoms with Crippen LogP contribution in [0.3, 0.4) is 0 Å². The van der Waals surface area contributed by atoms with Crippen molar-refractivity contribution in [1.82, 2.24) is 19.4 Å². The van der Waals surface area contributed by atoms with Crippen LogP contribution in [0.4, 0.5) is 4.39 Å². The molecule has 0 unspecified atom stereocenters. The van der Waals surface area contributed by atoms with Crippen LogP contribution in [0.5, 0.6) is 0 Å². The second kappa shape index (κ2) is 8.53. The molecule has 1 amide bonds. The van der Waals surface area contributed by atoms with Gasteiger partial charge < -0.3 is 14.2 Å². The van der Waals surface area contributed by atoms with Gasteiger partial charge in [-0.1, -0.05) is 11.6 Å². The molecule has 3 aromatic rings. The molecule has 0 saturated carbocycles. The fourth-order valence-electron chi connectivity index (χ4n) is 3.77. The third-order valence-corrected chi connectivity index (χ3v) is 5.68. The SMILES string of the molecule is Cc1c(-c2ccc(Cl)cc2F)c(C(=O)N2CCOCC2)n(Cc2ncccn2)c1C. The Bertz CT molecular complexity index is 1080. The summed E-state index contributed by atoms with van der Waals surface area (Å²) in [5, 5.41) is 0.309. The van der Waals surface area contributed by atoms with Crippen molar-refractivity contribution >= 4 is 17.5 Å². The largest absolute Gasteiger partial charge is 0.378 e. The lowest BCUT2D eigenvalue weighted by atomic mass is 10.00. The van der Waals surface area contributed by atoms with Gasteiger partial charge in [-0.15, -0.1) is 0 Å². The third-order valence-electron chi connectivity index (χ3n) is 5.45. The molecular weight excluding hydrogens is 407 g/mol. The number of morpholine rings is 1. The average molecular weight is 429 g/mol. The van der Waals surface area contributed by atoms with E-state index in [-0.39, 0.29) is 5.91 Å². The Balaban J connectivity index is 1.90. The van der Waals surface area contributed by atoms with Crippen molar-refractivity contribution < 1.29 is 13.9 Å². The molecule has 0 aliphatic carbocycles. The van der Waals surface area contributed by atoms with Gasteiger partial charge >= 0.3 is 0 Å². The van der Waals surface area contributed by atoms with Crippen LogP contribution in [0.25, 0.3) is 11.1 Å². The molecule has 3 heterocycles. The maximum absolute atomic E-state index is 14.9. The number of amides is 1. The van der Waals surface area contributed by atoms with Crippen molar-refractivity contribution in [2.75, 3.05) is 26.3 Å². The summed E-state index contributed by atoms with van der Waals surface area (Å²) in [5.74, 6) is -0.0423. The van der Waals surface area contributed by atoms with Crippen LogP contribution in [0.1, 0.15) is 27.6 Å². The number of hydrogen-bond donors (Lipinski definition) is 0. The topological polar surface area (TPSA) is 60.2 Å². The first-order chi connectivity index (χ1) is 14.5. The summed E-state index contributed by atoms with van der Waals surface area (Å²) in [7, 11) is 0. The summed E-state index contributed by atoms with van der Waals surface area (Å²) in [6.07, 6.45) is 3.33. The summed E-state index contributed by atoms with van der Waals surface area (Å²) in [6.45, 7) is 6.09. The average Bonchev–Trinajstić information content (AvgIpc) is 2.99. The van der Waals surface area contributed by atoms with E-state index < -0.39 is 5.82 Å². The Morgan fingerprint density at radius 3 is 2.57 bits per heavy atom. The minimum Gasteiger partial charge on any atom is -0.378 e. The first kappa shape index (κ1) is 20.5. The molecule has 8 heteroatoms. The molecule has 0 radical (unpaired) electrons. The van der Waals surface area contributed by atoms with Crippen LogP contribution in [-0.4, -0.2) is 51.6 Å². The van der Waals surface area contributed by atoms with Gasteiger partial charge in [-0.3, -0.25) is 4.79 Å². The number of ether oxygens (including phenoxy) is 1. The van der Waals surface area contributed by atoms with Gasteiger partial charge in [-0.2, -0.15) is 0 Å². The number of carbonyl (C=O) groups is 1. The molecule has 1 saturated heterocycles. The van der Waals surface area contributed by atoms with Gasteiger partial charge in [0.05, 0.1) is 19.8 Å². The molecule has 1 fully saturated rings. The van der Waals surface area contributed by atoms with Gasteiger partial charge in [-0.05, 0) is 43.7 Å². The van der Waals surface area contributed by atoms with Crippen LogP contribution in [0.15, 0.2) is 36.7 Å². The fraction of sp³-hybridized carbons (Fsp3) is 0.318. The van der Waals surface area contributed by atoms with Crippen LogP contribution in [0, 0.1) is 19.7 Å². The first-order valence-corrected chi connectivity index (χ1v) is 10.1.